The first-order chi connectivity index (χ1) is 15.5. The van der Waals surface area contributed by atoms with E-state index in [9.17, 15) is 10.5 Å². The number of aromatic nitrogens is 2. The summed E-state index contributed by atoms with van der Waals surface area (Å²) in [6.07, 6.45) is 11.2. The Morgan fingerprint density at radius 3 is 2.00 bits per heavy atom. The third-order valence-electron chi connectivity index (χ3n) is 8.62. The number of nitriles is 2. The molecule has 4 heterocycles. The summed E-state index contributed by atoms with van der Waals surface area (Å²) in [6, 6.07) is 4.91. The highest BCUT2D eigenvalue weighted by Gasteiger charge is 2.52. The number of imidazole rings is 1. The van der Waals surface area contributed by atoms with Crippen LogP contribution in [-0.4, -0.2) is 75.2 Å². The lowest BCUT2D eigenvalue weighted by Gasteiger charge is -2.54. The Hall–Kier alpha value is -1.93. The first-order valence-corrected chi connectivity index (χ1v) is 12.6. The molecule has 0 atom stereocenters. The van der Waals surface area contributed by atoms with Crippen LogP contribution in [0.15, 0.2) is 18.7 Å². The molecule has 180 valence electrons. The standard InChI is InChI=1S/C26H42N7/c1-23(2,3)33-20-26(21-33,8-12-28)32-18-17-29(22-32)19-24(4,5)30-15-9-25(7-11-27,10-16-30)31-13-6-14-31/h17-18,22H,6-10,13-16,19-21H2,1-5H3/q+1. The van der Waals surface area contributed by atoms with Gasteiger partial charge >= 0.3 is 0 Å². The predicted octanol–water partition coefficient (Wildman–Crippen LogP) is 2.73. The van der Waals surface area contributed by atoms with Gasteiger partial charge in [-0.25, -0.2) is 9.13 Å². The number of hydrogen-bond acceptors (Lipinski definition) is 5. The fourth-order valence-corrected chi connectivity index (χ4v) is 6.04. The molecule has 0 aliphatic carbocycles. The maximum absolute atomic E-state index is 9.50. The number of hydrogen-bond donors (Lipinski definition) is 0. The van der Waals surface area contributed by atoms with Gasteiger partial charge in [0.25, 0.3) is 0 Å². The van der Waals surface area contributed by atoms with E-state index in [0.717, 1.165) is 58.7 Å². The summed E-state index contributed by atoms with van der Waals surface area (Å²) in [4.78, 5) is 7.63. The minimum Gasteiger partial charge on any atom is -0.296 e. The van der Waals surface area contributed by atoms with Gasteiger partial charge in [0.15, 0.2) is 0 Å². The van der Waals surface area contributed by atoms with E-state index in [-0.39, 0.29) is 22.2 Å². The van der Waals surface area contributed by atoms with Gasteiger partial charge < -0.3 is 0 Å². The Kier molecular flexibility index (Phi) is 6.37. The highest BCUT2D eigenvalue weighted by atomic mass is 15.4. The van der Waals surface area contributed by atoms with Crippen LogP contribution < -0.4 is 4.57 Å². The van der Waals surface area contributed by atoms with Gasteiger partial charge in [0.1, 0.15) is 24.5 Å². The Balaban J connectivity index is 1.40. The molecule has 3 aliphatic rings. The smallest absolute Gasteiger partial charge is 0.244 e. The van der Waals surface area contributed by atoms with Crippen molar-refractivity contribution in [1.29, 1.82) is 10.5 Å². The van der Waals surface area contributed by atoms with E-state index in [1.54, 1.807) is 0 Å². The van der Waals surface area contributed by atoms with E-state index >= 15 is 0 Å². The van der Waals surface area contributed by atoms with Crippen molar-refractivity contribution in [1.82, 2.24) is 19.3 Å². The summed E-state index contributed by atoms with van der Waals surface area (Å²) < 4.78 is 4.58. The van der Waals surface area contributed by atoms with E-state index < -0.39 is 0 Å². The molecular weight excluding hydrogens is 410 g/mol. The third kappa shape index (κ3) is 4.56. The molecule has 0 unspecified atom stereocenters. The molecule has 7 heteroatoms. The second-order valence-electron chi connectivity index (χ2n) is 12.3. The van der Waals surface area contributed by atoms with E-state index in [0.29, 0.717) is 12.8 Å². The second-order valence-corrected chi connectivity index (χ2v) is 12.3. The molecule has 0 saturated carbocycles. The average molecular weight is 453 g/mol. The summed E-state index contributed by atoms with van der Waals surface area (Å²) in [5, 5.41) is 18.9. The van der Waals surface area contributed by atoms with Crippen LogP contribution in [0.1, 0.15) is 66.7 Å². The van der Waals surface area contributed by atoms with E-state index in [4.69, 9.17) is 0 Å². The highest BCUT2D eigenvalue weighted by Crippen LogP contribution is 2.38. The summed E-state index contributed by atoms with van der Waals surface area (Å²) in [6.45, 7) is 18.6. The van der Waals surface area contributed by atoms with Crippen molar-refractivity contribution in [3.05, 3.63) is 18.7 Å². The molecule has 1 aromatic rings. The van der Waals surface area contributed by atoms with Gasteiger partial charge in [-0.1, -0.05) is 0 Å². The first kappa shape index (κ1) is 24.2. The van der Waals surface area contributed by atoms with Crippen molar-refractivity contribution in [2.75, 3.05) is 39.3 Å². The maximum atomic E-state index is 9.50. The van der Waals surface area contributed by atoms with Gasteiger partial charge in [-0.2, -0.15) is 10.5 Å². The van der Waals surface area contributed by atoms with Crippen LogP contribution in [0.2, 0.25) is 0 Å². The number of piperidine rings is 1. The van der Waals surface area contributed by atoms with Crippen LogP contribution in [-0.2, 0) is 12.1 Å². The zero-order chi connectivity index (χ0) is 23.9. The van der Waals surface area contributed by atoms with Gasteiger partial charge in [-0.15, -0.1) is 0 Å². The quantitative estimate of drug-likeness (QED) is 0.595. The largest absolute Gasteiger partial charge is 0.296 e. The molecule has 4 rings (SSSR count). The van der Waals surface area contributed by atoms with Crippen molar-refractivity contribution >= 4 is 0 Å². The number of rotatable bonds is 7. The molecule has 3 saturated heterocycles. The number of nitrogens with zero attached hydrogens (tertiary/aromatic N) is 7. The molecule has 0 aromatic carbocycles. The summed E-state index contributed by atoms with van der Waals surface area (Å²) in [5.41, 5.74) is 0.152. The fraction of sp³-hybridized carbons (Fsp3) is 0.808. The Labute approximate surface area is 200 Å². The maximum Gasteiger partial charge on any atom is 0.244 e. The number of likely N-dealkylation sites (tertiary alicyclic amines) is 3. The van der Waals surface area contributed by atoms with Gasteiger partial charge in [-0.3, -0.25) is 14.7 Å². The van der Waals surface area contributed by atoms with E-state index in [1.165, 1.54) is 6.42 Å². The molecule has 33 heavy (non-hydrogen) atoms. The highest BCUT2D eigenvalue weighted by molar-refractivity contribution is 5.09. The predicted molar refractivity (Wildman–Crippen MR) is 128 cm³/mol. The summed E-state index contributed by atoms with van der Waals surface area (Å²) in [5.74, 6) is 0. The lowest BCUT2D eigenvalue weighted by Crippen LogP contribution is -2.67. The molecule has 0 amide bonds. The molecule has 1 aromatic heterocycles. The minimum atomic E-state index is -0.114. The van der Waals surface area contributed by atoms with Crippen molar-refractivity contribution in [2.45, 2.75) is 95.4 Å². The van der Waals surface area contributed by atoms with Crippen molar-refractivity contribution < 1.29 is 4.57 Å². The fourth-order valence-electron chi connectivity index (χ4n) is 6.04. The third-order valence-corrected chi connectivity index (χ3v) is 8.62. The zero-order valence-electron chi connectivity index (χ0n) is 21.3. The van der Waals surface area contributed by atoms with Crippen molar-refractivity contribution in [2.24, 2.45) is 0 Å². The van der Waals surface area contributed by atoms with Crippen LogP contribution in [0.5, 0.6) is 0 Å². The molecule has 0 spiro atoms. The van der Waals surface area contributed by atoms with Gasteiger partial charge in [-0.05, 0) is 67.0 Å². The zero-order valence-corrected chi connectivity index (χ0v) is 21.3. The topological polar surface area (TPSA) is 66.1 Å². The van der Waals surface area contributed by atoms with Gasteiger partial charge in [0.05, 0.1) is 30.5 Å². The Morgan fingerprint density at radius 1 is 0.879 bits per heavy atom. The Morgan fingerprint density at radius 2 is 1.48 bits per heavy atom. The van der Waals surface area contributed by atoms with Gasteiger partial charge in [0, 0.05) is 37.3 Å². The van der Waals surface area contributed by atoms with Crippen molar-refractivity contribution in [3.8, 4) is 12.1 Å². The van der Waals surface area contributed by atoms with E-state index in [1.807, 2.05) is 0 Å². The van der Waals surface area contributed by atoms with Crippen LogP contribution in [0, 0.1) is 22.7 Å². The van der Waals surface area contributed by atoms with Crippen molar-refractivity contribution in [3.63, 3.8) is 0 Å². The molecule has 7 nitrogen and oxygen atoms in total. The lowest BCUT2D eigenvalue weighted by atomic mass is 9.79. The van der Waals surface area contributed by atoms with Crippen LogP contribution in [0.4, 0.5) is 0 Å². The molecule has 0 bridgehead atoms. The summed E-state index contributed by atoms with van der Waals surface area (Å²) >= 11 is 0. The van der Waals surface area contributed by atoms with Crippen LogP contribution in [0.25, 0.3) is 0 Å². The molecule has 3 fully saturated rings. The van der Waals surface area contributed by atoms with Crippen LogP contribution >= 0.6 is 0 Å². The molecule has 0 N–H and O–H groups in total. The Bertz CT molecular complexity index is 908. The minimum absolute atomic E-state index is 0.0318. The first-order valence-electron chi connectivity index (χ1n) is 12.6. The molecule has 3 aliphatic heterocycles. The van der Waals surface area contributed by atoms with E-state index in [2.05, 4.69) is 89.3 Å². The van der Waals surface area contributed by atoms with Gasteiger partial charge in [0.2, 0.25) is 6.33 Å². The summed E-state index contributed by atoms with van der Waals surface area (Å²) in [7, 11) is 0. The average Bonchev–Trinajstić information content (AvgIpc) is 3.10. The van der Waals surface area contributed by atoms with Crippen LogP contribution in [0.3, 0.4) is 0 Å². The molecular formula is C26H42N7+. The monoisotopic (exact) mass is 452 g/mol. The normalized spacial score (nSPS) is 23.8. The molecule has 0 radical (unpaired) electrons. The SMILES string of the molecule is CC(C)(C)N1CC(CC#N)(n2cc[n+](CC(C)(C)N3CCC(CC#N)(N4CCC4)CC3)c2)C1. The lowest BCUT2D eigenvalue weighted by molar-refractivity contribution is -0.706. The second kappa shape index (κ2) is 8.69.